The summed E-state index contributed by atoms with van der Waals surface area (Å²) >= 11 is 6.11. The predicted octanol–water partition coefficient (Wildman–Crippen LogP) is 3.70. The number of hydrogen-bond acceptors (Lipinski definition) is 5. The SMILES string of the molecule is CC(OCCCNC(=O)c1ccc(Cl)c(S(=O)(=O)NCC2CCCO2)c1)c1ccccc1. The molecule has 2 N–H and O–H groups in total. The van der Waals surface area contributed by atoms with Gasteiger partial charge < -0.3 is 14.8 Å². The molecule has 0 bridgehead atoms. The summed E-state index contributed by atoms with van der Waals surface area (Å²) in [6.45, 7) is 3.69. The second-order valence-electron chi connectivity index (χ2n) is 7.67. The molecule has 0 aromatic heterocycles. The molecule has 1 saturated heterocycles. The third kappa shape index (κ3) is 7.02. The molecular formula is C23H29ClN2O5S. The number of rotatable bonds is 11. The highest BCUT2D eigenvalue weighted by atomic mass is 35.5. The highest BCUT2D eigenvalue weighted by Crippen LogP contribution is 2.23. The van der Waals surface area contributed by atoms with Gasteiger partial charge in [-0.3, -0.25) is 4.79 Å². The minimum absolute atomic E-state index is 0.0296. The lowest BCUT2D eigenvalue weighted by Gasteiger charge is -2.14. The van der Waals surface area contributed by atoms with Crippen molar-refractivity contribution >= 4 is 27.5 Å². The maximum absolute atomic E-state index is 12.7. The lowest BCUT2D eigenvalue weighted by Crippen LogP contribution is -2.32. The fourth-order valence-electron chi connectivity index (χ4n) is 3.39. The largest absolute Gasteiger partial charge is 0.377 e. The van der Waals surface area contributed by atoms with Crippen molar-refractivity contribution in [2.75, 3.05) is 26.3 Å². The molecule has 1 amide bonds. The third-order valence-electron chi connectivity index (χ3n) is 5.25. The van der Waals surface area contributed by atoms with Crippen molar-refractivity contribution in [2.45, 2.75) is 43.3 Å². The van der Waals surface area contributed by atoms with Gasteiger partial charge in [0.05, 0.1) is 17.2 Å². The monoisotopic (exact) mass is 480 g/mol. The minimum atomic E-state index is -3.86. The Balaban J connectivity index is 1.48. The van der Waals surface area contributed by atoms with Gasteiger partial charge in [0.1, 0.15) is 4.90 Å². The summed E-state index contributed by atoms with van der Waals surface area (Å²) in [6.07, 6.45) is 2.19. The molecule has 0 aliphatic carbocycles. The second kappa shape index (κ2) is 11.8. The molecule has 0 radical (unpaired) electrons. The highest BCUT2D eigenvalue weighted by molar-refractivity contribution is 7.89. The van der Waals surface area contributed by atoms with Crippen LogP contribution >= 0.6 is 11.6 Å². The Labute approximate surface area is 194 Å². The predicted molar refractivity (Wildman–Crippen MR) is 123 cm³/mol. The van der Waals surface area contributed by atoms with Crippen LogP contribution in [-0.4, -0.2) is 46.7 Å². The first kappa shape index (κ1) is 24.7. The fourth-order valence-corrected chi connectivity index (χ4v) is 4.98. The van der Waals surface area contributed by atoms with Gasteiger partial charge in [0, 0.05) is 31.9 Å². The van der Waals surface area contributed by atoms with E-state index in [1.54, 1.807) is 0 Å². The summed E-state index contributed by atoms with van der Waals surface area (Å²) in [5.41, 5.74) is 1.32. The summed E-state index contributed by atoms with van der Waals surface area (Å²) < 4.78 is 39.1. The van der Waals surface area contributed by atoms with Gasteiger partial charge in [-0.1, -0.05) is 41.9 Å². The van der Waals surface area contributed by atoms with Crippen LogP contribution in [0.4, 0.5) is 0 Å². The molecule has 3 rings (SSSR count). The van der Waals surface area contributed by atoms with Crippen LogP contribution in [0.2, 0.25) is 5.02 Å². The maximum Gasteiger partial charge on any atom is 0.251 e. The van der Waals surface area contributed by atoms with Crippen molar-refractivity contribution in [3.05, 3.63) is 64.7 Å². The first-order chi connectivity index (χ1) is 15.4. The van der Waals surface area contributed by atoms with Gasteiger partial charge in [-0.05, 0) is 49.9 Å². The molecule has 2 aromatic carbocycles. The summed E-state index contributed by atoms with van der Waals surface area (Å²) in [6, 6.07) is 14.1. The van der Waals surface area contributed by atoms with Crippen LogP contribution in [0.25, 0.3) is 0 Å². The first-order valence-electron chi connectivity index (χ1n) is 10.7. The van der Waals surface area contributed by atoms with Crippen LogP contribution in [0.15, 0.2) is 53.4 Å². The summed E-state index contributed by atoms with van der Waals surface area (Å²) in [4.78, 5) is 12.4. The van der Waals surface area contributed by atoms with E-state index in [9.17, 15) is 13.2 Å². The summed E-state index contributed by atoms with van der Waals surface area (Å²) in [5.74, 6) is -0.367. The molecule has 174 valence electrons. The second-order valence-corrected chi connectivity index (χ2v) is 9.81. The molecule has 9 heteroatoms. The minimum Gasteiger partial charge on any atom is -0.377 e. The number of nitrogens with one attached hydrogen (secondary N) is 2. The Kier molecular flexibility index (Phi) is 9.07. The van der Waals surface area contributed by atoms with E-state index >= 15 is 0 Å². The standard InChI is InChI=1S/C23H29ClN2O5S/c1-17(18-7-3-2-4-8-18)30-14-6-12-25-23(27)19-10-11-21(24)22(15-19)32(28,29)26-16-20-9-5-13-31-20/h2-4,7-8,10-11,15,17,20,26H,5-6,9,12-14,16H2,1H3,(H,25,27). The molecule has 1 aliphatic heterocycles. The number of amides is 1. The number of sulfonamides is 1. The Morgan fingerprint density at radius 2 is 2.03 bits per heavy atom. The zero-order chi connectivity index (χ0) is 23.0. The Hall–Kier alpha value is -1.97. The Bertz CT molecular complexity index is 995. The van der Waals surface area contributed by atoms with Gasteiger partial charge >= 0.3 is 0 Å². The Morgan fingerprint density at radius 1 is 1.25 bits per heavy atom. The zero-order valence-electron chi connectivity index (χ0n) is 18.1. The van der Waals surface area contributed by atoms with Gasteiger partial charge in [0.2, 0.25) is 10.0 Å². The molecule has 2 aromatic rings. The number of carbonyl (C=O) groups is 1. The maximum atomic E-state index is 12.7. The van der Waals surface area contributed by atoms with E-state index in [0.717, 1.165) is 18.4 Å². The molecule has 2 atom stereocenters. The number of hydrogen-bond donors (Lipinski definition) is 2. The van der Waals surface area contributed by atoms with E-state index in [1.807, 2.05) is 37.3 Å². The van der Waals surface area contributed by atoms with Crippen molar-refractivity contribution in [2.24, 2.45) is 0 Å². The molecule has 1 heterocycles. The van der Waals surface area contributed by atoms with Crippen LogP contribution in [0.5, 0.6) is 0 Å². The van der Waals surface area contributed by atoms with Gasteiger partial charge in [0.15, 0.2) is 0 Å². The molecule has 0 spiro atoms. The first-order valence-corrected chi connectivity index (χ1v) is 12.6. The van der Waals surface area contributed by atoms with E-state index in [1.165, 1.54) is 18.2 Å². The van der Waals surface area contributed by atoms with Gasteiger partial charge in [-0.2, -0.15) is 0 Å². The van der Waals surface area contributed by atoms with Crippen LogP contribution in [-0.2, 0) is 19.5 Å². The third-order valence-corrected chi connectivity index (χ3v) is 7.16. The van der Waals surface area contributed by atoms with Crippen LogP contribution in [0, 0.1) is 0 Å². The van der Waals surface area contributed by atoms with Crippen LogP contribution < -0.4 is 10.0 Å². The van der Waals surface area contributed by atoms with Gasteiger partial charge in [0.25, 0.3) is 5.91 Å². The number of halogens is 1. The zero-order valence-corrected chi connectivity index (χ0v) is 19.6. The fraction of sp³-hybridized carbons (Fsp3) is 0.435. The van der Waals surface area contributed by atoms with E-state index in [-0.39, 0.29) is 40.1 Å². The average molecular weight is 481 g/mol. The molecule has 7 nitrogen and oxygen atoms in total. The average Bonchev–Trinajstić information content (AvgIpc) is 3.32. The summed E-state index contributed by atoms with van der Waals surface area (Å²) in [7, 11) is -3.86. The summed E-state index contributed by atoms with van der Waals surface area (Å²) in [5, 5.41) is 2.85. The number of carbonyl (C=O) groups excluding carboxylic acids is 1. The number of ether oxygens (including phenoxy) is 2. The normalized spacial score (nSPS) is 17.2. The molecule has 0 saturated carbocycles. The van der Waals surface area contributed by atoms with Crippen LogP contribution in [0.3, 0.4) is 0 Å². The van der Waals surface area contributed by atoms with Crippen molar-refractivity contribution in [3.8, 4) is 0 Å². The topological polar surface area (TPSA) is 93.7 Å². The molecular weight excluding hydrogens is 452 g/mol. The van der Waals surface area contributed by atoms with Crippen molar-refractivity contribution in [1.82, 2.24) is 10.0 Å². The lowest BCUT2D eigenvalue weighted by molar-refractivity contribution is 0.0635. The van der Waals surface area contributed by atoms with E-state index in [0.29, 0.717) is 26.2 Å². The van der Waals surface area contributed by atoms with Crippen LogP contribution in [0.1, 0.15) is 48.2 Å². The quantitative estimate of drug-likeness (QED) is 0.478. The van der Waals surface area contributed by atoms with E-state index in [4.69, 9.17) is 21.1 Å². The number of benzene rings is 2. The molecule has 1 fully saturated rings. The lowest BCUT2D eigenvalue weighted by atomic mass is 10.1. The molecule has 2 unspecified atom stereocenters. The smallest absolute Gasteiger partial charge is 0.251 e. The van der Waals surface area contributed by atoms with Gasteiger partial charge in [-0.25, -0.2) is 13.1 Å². The van der Waals surface area contributed by atoms with E-state index < -0.39 is 10.0 Å². The Morgan fingerprint density at radius 3 is 2.75 bits per heavy atom. The molecule has 1 aliphatic rings. The van der Waals surface area contributed by atoms with Crippen molar-refractivity contribution in [3.63, 3.8) is 0 Å². The van der Waals surface area contributed by atoms with Crippen molar-refractivity contribution in [1.29, 1.82) is 0 Å². The molecule has 32 heavy (non-hydrogen) atoms. The van der Waals surface area contributed by atoms with E-state index in [2.05, 4.69) is 10.0 Å². The highest BCUT2D eigenvalue weighted by Gasteiger charge is 2.23. The van der Waals surface area contributed by atoms with Gasteiger partial charge in [-0.15, -0.1) is 0 Å². The van der Waals surface area contributed by atoms with Crippen molar-refractivity contribution < 1.29 is 22.7 Å².